The Hall–Kier alpha value is -0.920. The van der Waals surface area contributed by atoms with Gasteiger partial charge in [-0.2, -0.15) is 0 Å². The normalized spacial score (nSPS) is 24.7. The summed E-state index contributed by atoms with van der Waals surface area (Å²) in [5.41, 5.74) is 0. The van der Waals surface area contributed by atoms with Gasteiger partial charge < -0.3 is 9.47 Å². The van der Waals surface area contributed by atoms with Gasteiger partial charge in [-0.05, 0) is 31.1 Å². The number of hydrogen-bond donors (Lipinski definition) is 0. The Kier molecular flexibility index (Phi) is 7.61. The van der Waals surface area contributed by atoms with Crippen LogP contribution in [0, 0.1) is 11.8 Å². The van der Waals surface area contributed by atoms with Gasteiger partial charge in [-0.1, -0.05) is 38.8 Å². The lowest BCUT2D eigenvalue weighted by Crippen LogP contribution is -2.10. The predicted octanol–water partition coefficient (Wildman–Crippen LogP) is 4.28. The molecule has 0 radical (unpaired) electrons. The molecular formula is C15H26O2. The molecule has 2 atom stereocenters. The predicted molar refractivity (Wildman–Crippen MR) is 71.6 cm³/mol. The van der Waals surface area contributed by atoms with Crippen molar-refractivity contribution >= 4 is 0 Å². The van der Waals surface area contributed by atoms with Gasteiger partial charge in [-0.25, -0.2) is 0 Å². The maximum atomic E-state index is 5.24. The largest absolute Gasteiger partial charge is 0.502 e. The summed E-state index contributed by atoms with van der Waals surface area (Å²) in [5, 5.41) is 0. The summed E-state index contributed by atoms with van der Waals surface area (Å²) in [6.07, 6.45) is 12.2. The molecule has 1 aliphatic rings. The molecule has 0 saturated heterocycles. The highest BCUT2D eigenvalue weighted by atomic mass is 16.5. The van der Waals surface area contributed by atoms with Crippen LogP contribution < -0.4 is 0 Å². The van der Waals surface area contributed by atoms with Crippen LogP contribution in [0.2, 0.25) is 0 Å². The molecule has 1 saturated carbocycles. The van der Waals surface area contributed by atoms with Gasteiger partial charge in [0.2, 0.25) is 0 Å². The summed E-state index contributed by atoms with van der Waals surface area (Å²) in [5.74, 6) is 1.65. The van der Waals surface area contributed by atoms with E-state index < -0.39 is 0 Å². The van der Waals surface area contributed by atoms with Crippen molar-refractivity contribution in [1.82, 2.24) is 0 Å². The summed E-state index contributed by atoms with van der Waals surface area (Å²) in [4.78, 5) is 0. The maximum absolute atomic E-state index is 5.24. The molecule has 2 heteroatoms. The maximum Gasteiger partial charge on any atom is 0.0875 e. The molecule has 0 spiro atoms. The van der Waals surface area contributed by atoms with Crippen molar-refractivity contribution in [1.29, 1.82) is 0 Å². The zero-order valence-corrected chi connectivity index (χ0v) is 10.9. The summed E-state index contributed by atoms with van der Waals surface area (Å²) in [7, 11) is 0. The minimum absolute atomic E-state index is 0.823. The molecule has 0 aromatic rings. The van der Waals surface area contributed by atoms with Crippen LogP contribution in [0.5, 0.6) is 0 Å². The monoisotopic (exact) mass is 238 g/mol. The minimum Gasteiger partial charge on any atom is -0.502 e. The topological polar surface area (TPSA) is 18.5 Å². The molecule has 17 heavy (non-hydrogen) atoms. The van der Waals surface area contributed by atoms with Gasteiger partial charge in [0, 0.05) is 0 Å². The van der Waals surface area contributed by atoms with Crippen LogP contribution in [0.1, 0.15) is 44.9 Å². The third kappa shape index (κ3) is 6.40. The Balaban J connectivity index is 2.24. The van der Waals surface area contributed by atoms with Crippen LogP contribution in [0.4, 0.5) is 0 Å². The van der Waals surface area contributed by atoms with Gasteiger partial charge in [-0.3, -0.25) is 0 Å². The molecule has 98 valence electrons. The molecule has 1 aliphatic carbocycles. The van der Waals surface area contributed by atoms with E-state index in [-0.39, 0.29) is 0 Å². The van der Waals surface area contributed by atoms with Crippen molar-refractivity contribution in [2.45, 2.75) is 44.9 Å². The smallest absolute Gasteiger partial charge is 0.0875 e. The first-order valence-electron chi connectivity index (χ1n) is 6.81. The summed E-state index contributed by atoms with van der Waals surface area (Å²) in [6, 6.07) is 0. The molecule has 2 nitrogen and oxygen atoms in total. The molecule has 0 bridgehead atoms. The SMILES string of the molecule is C=COCCC1CCCCC(CCOC=C)C1. The van der Waals surface area contributed by atoms with E-state index in [1.807, 2.05) is 0 Å². The average Bonchev–Trinajstić information content (AvgIpc) is 2.55. The molecule has 0 aromatic carbocycles. The van der Waals surface area contributed by atoms with E-state index in [4.69, 9.17) is 9.47 Å². The van der Waals surface area contributed by atoms with Gasteiger partial charge >= 0.3 is 0 Å². The van der Waals surface area contributed by atoms with Crippen LogP contribution >= 0.6 is 0 Å². The first kappa shape index (κ1) is 14.1. The summed E-state index contributed by atoms with van der Waals surface area (Å²) < 4.78 is 10.5. The van der Waals surface area contributed by atoms with Crippen molar-refractivity contribution < 1.29 is 9.47 Å². The third-order valence-electron chi connectivity index (χ3n) is 3.67. The van der Waals surface area contributed by atoms with E-state index in [1.54, 1.807) is 12.5 Å². The van der Waals surface area contributed by atoms with E-state index in [0.717, 1.165) is 25.0 Å². The Morgan fingerprint density at radius 2 is 1.35 bits per heavy atom. The van der Waals surface area contributed by atoms with Crippen molar-refractivity contribution in [2.75, 3.05) is 13.2 Å². The number of ether oxygens (including phenoxy) is 2. The van der Waals surface area contributed by atoms with Gasteiger partial charge in [0.15, 0.2) is 0 Å². The van der Waals surface area contributed by atoms with Crippen molar-refractivity contribution in [3.63, 3.8) is 0 Å². The minimum atomic E-state index is 0.823. The van der Waals surface area contributed by atoms with Crippen molar-refractivity contribution in [2.24, 2.45) is 11.8 Å². The summed E-state index contributed by atoms with van der Waals surface area (Å²) >= 11 is 0. The number of rotatable bonds is 8. The lowest BCUT2D eigenvalue weighted by atomic mass is 9.89. The zero-order valence-electron chi connectivity index (χ0n) is 10.9. The van der Waals surface area contributed by atoms with E-state index in [2.05, 4.69) is 13.2 Å². The Bertz CT molecular complexity index is 191. The highest BCUT2D eigenvalue weighted by molar-refractivity contribution is 4.72. The Morgan fingerprint density at radius 3 is 1.76 bits per heavy atom. The fourth-order valence-corrected chi connectivity index (χ4v) is 2.73. The quantitative estimate of drug-likeness (QED) is 0.357. The van der Waals surface area contributed by atoms with Gasteiger partial charge in [0.25, 0.3) is 0 Å². The highest BCUT2D eigenvalue weighted by Crippen LogP contribution is 2.31. The second-order valence-electron chi connectivity index (χ2n) is 4.90. The van der Waals surface area contributed by atoms with Crippen LogP contribution in [0.15, 0.2) is 25.7 Å². The molecule has 0 aliphatic heterocycles. The van der Waals surface area contributed by atoms with Gasteiger partial charge in [-0.15, -0.1) is 0 Å². The fraction of sp³-hybridized carbons (Fsp3) is 0.733. The fourth-order valence-electron chi connectivity index (χ4n) is 2.73. The van der Waals surface area contributed by atoms with E-state index in [0.29, 0.717) is 0 Å². The van der Waals surface area contributed by atoms with Crippen LogP contribution in [-0.2, 0) is 9.47 Å². The van der Waals surface area contributed by atoms with Crippen LogP contribution in [0.3, 0.4) is 0 Å². The first-order valence-corrected chi connectivity index (χ1v) is 6.81. The molecular weight excluding hydrogens is 212 g/mol. The van der Waals surface area contributed by atoms with E-state index >= 15 is 0 Å². The molecule has 2 unspecified atom stereocenters. The van der Waals surface area contributed by atoms with Gasteiger partial charge in [0.05, 0.1) is 25.7 Å². The molecule has 0 N–H and O–H groups in total. The Labute approximate surface area is 106 Å². The summed E-state index contributed by atoms with van der Waals surface area (Å²) in [6.45, 7) is 8.80. The molecule has 1 fully saturated rings. The van der Waals surface area contributed by atoms with E-state index in [9.17, 15) is 0 Å². The van der Waals surface area contributed by atoms with Crippen LogP contribution in [-0.4, -0.2) is 13.2 Å². The van der Waals surface area contributed by atoms with Crippen molar-refractivity contribution in [3.8, 4) is 0 Å². The lowest BCUT2D eigenvalue weighted by Gasteiger charge is -2.19. The molecule has 1 rings (SSSR count). The highest BCUT2D eigenvalue weighted by Gasteiger charge is 2.19. The third-order valence-corrected chi connectivity index (χ3v) is 3.67. The first-order chi connectivity index (χ1) is 8.36. The Morgan fingerprint density at radius 1 is 0.882 bits per heavy atom. The lowest BCUT2D eigenvalue weighted by molar-refractivity contribution is 0.189. The second kappa shape index (κ2) is 9.15. The number of hydrogen-bond acceptors (Lipinski definition) is 2. The van der Waals surface area contributed by atoms with E-state index in [1.165, 1.54) is 44.9 Å². The standard InChI is InChI=1S/C15H26O2/c1-3-16-11-9-14-7-5-6-8-15(13-14)10-12-17-4-2/h3-4,14-15H,1-2,5-13H2. The zero-order chi connectivity index (χ0) is 12.3. The average molecular weight is 238 g/mol. The van der Waals surface area contributed by atoms with Crippen molar-refractivity contribution in [3.05, 3.63) is 25.7 Å². The van der Waals surface area contributed by atoms with Gasteiger partial charge in [0.1, 0.15) is 0 Å². The second-order valence-corrected chi connectivity index (χ2v) is 4.90. The molecule has 0 aromatic heterocycles. The molecule has 0 heterocycles. The van der Waals surface area contributed by atoms with Crippen LogP contribution in [0.25, 0.3) is 0 Å². The molecule has 0 amide bonds.